The fourth-order valence-electron chi connectivity index (χ4n) is 3.66. The molecule has 122 valence electrons. The van der Waals surface area contributed by atoms with Crippen LogP contribution in [0.3, 0.4) is 0 Å². The molecule has 1 aromatic carbocycles. The Kier molecular flexibility index (Phi) is 4.88. The van der Waals surface area contributed by atoms with Crippen LogP contribution in [0.15, 0.2) is 53.1 Å². The Hall–Kier alpha value is -1.58. The molecule has 0 aromatic heterocycles. The summed E-state index contributed by atoms with van der Waals surface area (Å²) in [4.78, 5) is 12.2. The van der Waals surface area contributed by atoms with Gasteiger partial charge >= 0.3 is 5.97 Å². The Balaban J connectivity index is 1.77. The number of benzene rings is 1. The molecule has 1 aromatic rings. The Labute approximate surface area is 141 Å². The molecule has 0 aliphatic heterocycles. The van der Waals surface area contributed by atoms with Crippen LogP contribution in [0.2, 0.25) is 0 Å². The lowest BCUT2D eigenvalue weighted by atomic mass is 9.64. The summed E-state index contributed by atoms with van der Waals surface area (Å²) in [7, 11) is 0. The van der Waals surface area contributed by atoms with Crippen LogP contribution in [0.1, 0.15) is 36.0 Å². The van der Waals surface area contributed by atoms with Crippen molar-refractivity contribution in [2.24, 2.45) is 11.3 Å². The zero-order valence-electron chi connectivity index (χ0n) is 13.0. The van der Waals surface area contributed by atoms with Gasteiger partial charge in [-0.1, -0.05) is 47.9 Å². The highest BCUT2D eigenvalue weighted by atomic mass is 35.5. The lowest BCUT2D eigenvalue weighted by molar-refractivity contribution is 0.00985. The topological polar surface area (TPSA) is 46.5 Å². The van der Waals surface area contributed by atoms with E-state index in [0.717, 1.165) is 30.7 Å². The van der Waals surface area contributed by atoms with E-state index in [4.69, 9.17) is 16.3 Å². The molecule has 0 radical (unpaired) electrons. The molecule has 1 N–H and O–H groups in total. The molecule has 23 heavy (non-hydrogen) atoms. The first-order valence-corrected chi connectivity index (χ1v) is 8.42. The quantitative estimate of drug-likeness (QED) is 0.845. The lowest BCUT2D eigenvalue weighted by Crippen LogP contribution is -2.40. The van der Waals surface area contributed by atoms with E-state index < -0.39 is 5.41 Å². The Morgan fingerprint density at radius 3 is 2.83 bits per heavy atom. The predicted molar refractivity (Wildman–Crippen MR) is 90.2 cm³/mol. The number of ether oxygens (including phenoxy) is 1. The van der Waals surface area contributed by atoms with Crippen LogP contribution in [0.5, 0.6) is 0 Å². The molecule has 0 spiro atoms. The average Bonchev–Trinajstić information content (AvgIpc) is 2.60. The van der Waals surface area contributed by atoms with E-state index >= 15 is 0 Å². The van der Waals surface area contributed by atoms with Crippen molar-refractivity contribution < 1.29 is 14.6 Å². The molecular formula is C19H21ClO3. The second-order valence-electron chi connectivity index (χ2n) is 6.41. The van der Waals surface area contributed by atoms with Crippen molar-refractivity contribution in [1.29, 1.82) is 0 Å². The number of hydrogen-bond donors (Lipinski definition) is 1. The summed E-state index contributed by atoms with van der Waals surface area (Å²) in [5.74, 6) is 0.00867. The number of carbonyl (C=O) groups is 1. The Morgan fingerprint density at radius 2 is 2.09 bits per heavy atom. The third-order valence-corrected chi connectivity index (χ3v) is 5.22. The van der Waals surface area contributed by atoms with Gasteiger partial charge in [-0.15, -0.1) is 0 Å². The summed E-state index contributed by atoms with van der Waals surface area (Å²) in [5, 5.41) is 10.9. The number of hydrogen-bond acceptors (Lipinski definition) is 3. The lowest BCUT2D eigenvalue weighted by Gasteiger charge is -2.43. The van der Waals surface area contributed by atoms with Crippen molar-refractivity contribution in [2.75, 3.05) is 13.2 Å². The first kappa shape index (κ1) is 16.3. The minimum absolute atomic E-state index is 0.0110. The highest BCUT2D eigenvalue weighted by molar-refractivity contribution is 6.29. The van der Waals surface area contributed by atoms with Gasteiger partial charge in [-0.25, -0.2) is 4.79 Å². The minimum Gasteiger partial charge on any atom is -0.461 e. The van der Waals surface area contributed by atoms with E-state index in [-0.39, 0.29) is 19.2 Å². The number of aliphatic hydroxyl groups excluding tert-OH is 1. The van der Waals surface area contributed by atoms with Crippen molar-refractivity contribution in [2.45, 2.75) is 25.7 Å². The monoisotopic (exact) mass is 332 g/mol. The maximum absolute atomic E-state index is 12.2. The number of rotatable bonds is 4. The second kappa shape index (κ2) is 6.90. The maximum Gasteiger partial charge on any atom is 0.338 e. The van der Waals surface area contributed by atoms with Gasteiger partial charge in [0.1, 0.15) is 6.61 Å². The van der Waals surface area contributed by atoms with Gasteiger partial charge in [-0.2, -0.15) is 0 Å². The zero-order chi connectivity index (χ0) is 16.3. The van der Waals surface area contributed by atoms with Gasteiger partial charge in [0.05, 0.1) is 12.2 Å². The fraction of sp³-hybridized carbons (Fsp3) is 0.421. The average molecular weight is 333 g/mol. The molecule has 0 saturated heterocycles. The number of allylic oxidation sites excluding steroid dienone is 3. The standard InChI is InChI=1S/C19H21ClO3/c20-16-8-9-17-15(11-16)7-4-10-19(17,12-21)13-23-18(22)14-5-2-1-3-6-14/h1-3,5-6,8-9,15,21H,4,7,10-13H2/t15?,19-/m1/s1. The van der Waals surface area contributed by atoms with E-state index in [9.17, 15) is 9.90 Å². The number of esters is 1. The molecule has 4 heteroatoms. The van der Waals surface area contributed by atoms with E-state index in [2.05, 4.69) is 0 Å². The molecule has 2 aliphatic rings. The smallest absolute Gasteiger partial charge is 0.338 e. The van der Waals surface area contributed by atoms with E-state index in [1.165, 1.54) is 5.57 Å². The van der Waals surface area contributed by atoms with Gasteiger partial charge in [0.25, 0.3) is 0 Å². The van der Waals surface area contributed by atoms with Gasteiger partial charge in [-0.05, 0) is 43.4 Å². The van der Waals surface area contributed by atoms with Crippen LogP contribution in [0.25, 0.3) is 0 Å². The highest BCUT2D eigenvalue weighted by Crippen LogP contribution is 2.48. The van der Waals surface area contributed by atoms with Crippen molar-refractivity contribution in [1.82, 2.24) is 0 Å². The summed E-state index contributed by atoms with van der Waals surface area (Å²) in [6.45, 7) is 0.202. The van der Waals surface area contributed by atoms with Crippen LogP contribution in [0.4, 0.5) is 0 Å². The van der Waals surface area contributed by atoms with Gasteiger partial charge in [0.15, 0.2) is 0 Å². The maximum atomic E-state index is 12.2. The molecule has 0 bridgehead atoms. The molecule has 3 nitrogen and oxygen atoms in total. The van der Waals surface area contributed by atoms with Crippen molar-refractivity contribution in [3.05, 3.63) is 58.7 Å². The van der Waals surface area contributed by atoms with Gasteiger partial charge in [-0.3, -0.25) is 0 Å². The predicted octanol–water partition coefficient (Wildman–Crippen LogP) is 4.08. The molecule has 0 amide bonds. The van der Waals surface area contributed by atoms with Crippen LogP contribution < -0.4 is 0 Å². The van der Waals surface area contributed by atoms with E-state index in [0.29, 0.717) is 11.5 Å². The van der Waals surface area contributed by atoms with Crippen LogP contribution in [0, 0.1) is 11.3 Å². The third-order valence-electron chi connectivity index (χ3n) is 4.94. The van der Waals surface area contributed by atoms with E-state index in [1.807, 2.05) is 30.4 Å². The van der Waals surface area contributed by atoms with Crippen molar-refractivity contribution in [3.8, 4) is 0 Å². The Morgan fingerprint density at radius 1 is 1.30 bits per heavy atom. The zero-order valence-corrected chi connectivity index (χ0v) is 13.8. The highest BCUT2D eigenvalue weighted by Gasteiger charge is 2.42. The fourth-order valence-corrected chi connectivity index (χ4v) is 3.91. The molecule has 1 unspecified atom stereocenters. The van der Waals surface area contributed by atoms with Gasteiger partial charge in [0.2, 0.25) is 0 Å². The normalized spacial score (nSPS) is 26.8. The Bertz CT molecular complexity index is 635. The van der Waals surface area contributed by atoms with Crippen molar-refractivity contribution >= 4 is 17.6 Å². The first-order valence-electron chi connectivity index (χ1n) is 8.04. The van der Waals surface area contributed by atoms with Crippen molar-refractivity contribution in [3.63, 3.8) is 0 Å². The molecule has 3 rings (SSSR count). The summed E-state index contributed by atoms with van der Waals surface area (Å²) in [6.07, 6.45) is 7.66. The molecule has 0 heterocycles. The minimum atomic E-state index is -0.471. The summed E-state index contributed by atoms with van der Waals surface area (Å²) >= 11 is 6.15. The first-order chi connectivity index (χ1) is 11.1. The summed E-state index contributed by atoms with van der Waals surface area (Å²) < 4.78 is 5.54. The number of carbonyl (C=O) groups excluding carboxylic acids is 1. The third kappa shape index (κ3) is 3.36. The van der Waals surface area contributed by atoms with Crippen LogP contribution in [-0.2, 0) is 4.74 Å². The molecule has 1 fully saturated rings. The number of aliphatic hydroxyl groups is 1. The number of halogens is 1. The SMILES string of the molecule is O=C(OC[C@]1(CO)CCCC2CC(Cl)=CC=C21)c1ccccc1. The molecule has 2 aliphatic carbocycles. The van der Waals surface area contributed by atoms with Crippen LogP contribution >= 0.6 is 11.6 Å². The van der Waals surface area contributed by atoms with Gasteiger partial charge < -0.3 is 9.84 Å². The molecular weight excluding hydrogens is 312 g/mol. The summed E-state index contributed by atoms with van der Waals surface area (Å²) in [5.41, 5.74) is 1.24. The molecule has 2 atom stereocenters. The molecule has 1 saturated carbocycles. The van der Waals surface area contributed by atoms with E-state index in [1.54, 1.807) is 12.1 Å². The van der Waals surface area contributed by atoms with Crippen LogP contribution in [-0.4, -0.2) is 24.3 Å². The van der Waals surface area contributed by atoms with Gasteiger partial charge in [0, 0.05) is 10.4 Å². The number of fused-ring (bicyclic) bond motifs is 1. The largest absolute Gasteiger partial charge is 0.461 e. The summed E-state index contributed by atoms with van der Waals surface area (Å²) in [6, 6.07) is 8.96. The second-order valence-corrected chi connectivity index (χ2v) is 6.89.